The van der Waals surface area contributed by atoms with E-state index in [9.17, 15) is 0 Å². The maximum Gasteiger partial charge on any atom is 0.0466 e. The van der Waals surface area contributed by atoms with Gasteiger partial charge in [-0.15, -0.1) is 0 Å². The van der Waals surface area contributed by atoms with Gasteiger partial charge in [0.15, 0.2) is 0 Å². The van der Waals surface area contributed by atoms with E-state index in [4.69, 9.17) is 0 Å². The second-order valence-electron chi connectivity index (χ2n) is 5.61. The summed E-state index contributed by atoms with van der Waals surface area (Å²) in [6.45, 7) is 0. The summed E-state index contributed by atoms with van der Waals surface area (Å²) >= 11 is 0. The lowest BCUT2D eigenvalue weighted by Gasteiger charge is -2.19. The first-order valence-corrected chi connectivity index (χ1v) is 7.54. The van der Waals surface area contributed by atoms with Gasteiger partial charge in [0.2, 0.25) is 0 Å². The number of benzene rings is 1. The van der Waals surface area contributed by atoms with E-state index in [2.05, 4.69) is 59.8 Å². The summed E-state index contributed by atoms with van der Waals surface area (Å²) in [5.74, 6) is 0.644. The van der Waals surface area contributed by atoms with E-state index in [0.29, 0.717) is 12.0 Å². The van der Waals surface area contributed by atoms with Crippen LogP contribution in [-0.4, -0.2) is 12.0 Å². The number of hydrogen-bond donors (Lipinski definition) is 1. The molecule has 2 nitrogen and oxygen atoms in total. The van der Waals surface area contributed by atoms with Crippen LogP contribution in [-0.2, 0) is 6.42 Å². The van der Waals surface area contributed by atoms with Gasteiger partial charge in [-0.05, 0) is 49.9 Å². The highest BCUT2D eigenvalue weighted by Crippen LogP contribution is 2.36. The van der Waals surface area contributed by atoms with Gasteiger partial charge in [0.1, 0.15) is 0 Å². The topological polar surface area (TPSA) is 24.9 Å². The summed E-state index contributed by atoms with van der Waals surface area (Å²) < 4.78 is 0. The van der Waals surface area contributed by atoms with Crippen molar-refractivity contribution in [1.82, 2.24) is 10.3 Å². The molecule has 0 amide bonds. The third-order valence-electron chi connectivity index (χ3n) is 4.43. The van der Waals surface area contributed by atoms with Crippen molar-refractivity contribution in [2.45, 2.75) is 37.6 Å². The number of hydrogen-bond acceptors (Lipinski definition) is 2. The van der Waals surface area contributed by atoms with Crippen LogP contribution in [0.4, 0.5) is 0 Å². The number of aryl methyl sites for hydroxylation is 1. The van der Waals surface area contributed by atoms with Crippen LogP contribution < -0.4 is 5.32 Å². The van der Waals surface area contributed by atoms with E-state index in [-0.39, 0.29) is 0 Å². The number of nitrogens with one attached hydrogen (secondary N) is 1. The molecule has 0 fully saturated rings. The van der Waals surface area contributed by atoms with Gasteiger partial charge in [-0.25, -0.2) is 0 Å². The second-order valence-corrected chi connectivity index (χ2v) is 5.61. The Balaban J connectivity index is 1.65. The Hall–Kier alpha value is -1.67. The molecule has 0 radical (unpaired) electrons. The molecule has 0 spiro atoms. The summed E-state index contributed by atoms with van der Waals surface area (Å²) in [7, 11) is 2.05. The average Bonchev–Trinajstić information content (AvgIpc) is 2.92. The number of rotatable bonds is 5. The van der Waals surface area contributed by atoms with Crippen molar-refractivity contribution >= 4 is 0 Å². The predicted octanol–water partition coefficient (Wildman–Crippen LogP) is 3.85. The molecule has 0 bridgehead atoms. The van der Waals surface area contributed by atoms with Gasteiger partial charge in [-0.2, -0.15) is 0 Å². The zero-order chi connectivity index (χ0) is 13.8. The molecule has 1 aromatic carbocycles. The van der Waals surface area contributed by atoms with Gasteiger partial charge >= 0.3 is 0 Å². The van der Waals surface area contributed by atoms with Gasteiger partial charge < -0.3 is 5.32 Å². The minimum atomic E-state index is 0.448. The first-order valence-electron chi connectivity index (χ1n) is 7.54. The molecule has 1 aliphatic rings. The normalized spacial score (nSPS) is 18.8. The fourth-order valence-corrected chi connectivity index (χ4v) is 3.31. The molecule has 1 aromatic heterocycles. The Kier molecular flexibility index (Phi) is 4.12. The summed E-state index contributed by atoms with van der Waals surface area (Å²) in [6, 6.07) is 15.5. The van der Waals surface area contributed by atoms with Crippen LogP contribution in [0.1, 0.15) is 48.0 Å². The van der Waals surface area contributed by atoms with E-state index in [1.165, 1.54) is 42.5 Å². The number of pyridine rings is 1. The van der Waals surface area contributed by atoms with Gasteiger partial charge in [0.25, 0.3) is 0 Å². The smallest absolute Gasteiger partial charge is 0.0466 e. The maximum absolute atomic E-state index is 4.60. The third-order valence-corrected chi connectivity index (χ3v) is 4.43. The van der Waals surface area contributed by atoms with Gasteiger partial charge in [0.05, 0.1) is 0 Å². The first kappa shape index (κ1) is 13.3. The van der Waals surface area contributed by atoms with Crippen LogP contribution in [0.5, 0.6) is 0 Å². The van der Waals surface area contributed by atoms with Gasteiger partial charge in [0, 0.05) is 23.9 Å². The molecule has 20 heavy (non-hydrogen) atoms. The van der Waals surface area contributed by atoms with Gasteiger partial charge in [-0.1, -0.05) is 36.4 Å². The molecule has 104 valence electrons. The molecule has 2 heteroatoms. The standard InChI is InChI=1S/C18H22N2/c1-19-17(14-6-3-2-4-7-14)12-11-16-10-9-15-8-5-13-20-18(15)16/h2-8,13,16-17,19H,9-12H2,1H3. The van der Waals surface area contributed by atoms with E-state index >= 15 is 0 Å². The van der Waals surface area contributed by atoms with Crippen molar-refractivity contribution in [3.63, 3.8) is 0 Å². The van der Waals surface area contributed by atoms with Crippen molar-refractivity contribution < 1.29 is 0 Å². The Morgan fingerprint density at radius 3 is 2.85 bits per heavy atom. The lowest BCUT2D eigenvalue weighted by molar-refractivity contribution is 0.480. The lowest BCUT2D eigenvalue weighted by atomic mass is 9.94. The zero-order valence-electron chi connectivity index (χ0n) is 12.0. The highest BCUT2D eigenvalue weighted by molar-refractivity contribution is 5.28. The van der Waals surface area contributed by atoms with Crippen molar-refractivity contribution in [1.29, 1.82) is 0 Å². The van der Waals surface area contributed by atoms with Crippen molar-refractivity contribution in [3.05, 3.63) is 65.5 Å². The quantitative estimate of drug-likeness (QED) is 0.889. The summed E-state index contributed by atoms with van der Waals surface area (Å²) in [5, 5.41) is 3.45. The fraction of sp³-hybridized carbons (Fsp3) is 0.389. The molecule has 1 N–H and O–H groups in total. The first-order chi connectivity index (χ1) is 9.88. The van der Waals surface area contributed by atoms with E-state index < -0.39 is 0 Å². The average molecular weight is 266 g/mol. The maximum atomic E-state index is 4.60. The minimum Gasteiger partial charge on any atom is -0.313 e. The predicted molar refractivity (Wildman–Crippen MR) is 82.8 cm³/mol. The SMILES string of the molecule is CNC(CCC1CCc2cccnc21)c1ccccc1. The molecule has 0 aliphatic heterocycles. The Morgan fingerprint density at radius 1 is 1.20 bits per heavy atom. The van der Waals surface area contributed by atoms with Crippen LogP contribution >= 0.6 is 0 Å². The monoisotopic (exact) mass is 266 g/mol. The largest absolute Gasteiger partial charge is 0.313 e. The van der Waals surface area contributed by atoms with Crippen molar-refractivity contribution in [2.24, 2.45) is 0 Å². The number of nitrogens with zero attached hydrogens (tertiary/aromatic N) is 1. The molecule has 0 saturated carbocycles. The molecule has 0 saturated heterocycles. The molecule has 2 unspecified atom stereocenters. The van der Waals surface area contributed by atoms with Crippen LogP contribution in [0.2, 0.25) is 0 Å². The van der Waals surface area contributed by atoms with E-state index in [1.807, 2.05) is 6.20 Å². The van der Waals surface area contributed by atoms with Gasteiger partial charge in [-0.3, -0.25) is 4.98 Å². The third kappa shape index (κ3) is 2.75. The van der Waals surface area contributed by atoms with E-state index in [1.54, 1.807) is 0 Å². The number of aromatic nitrogens is 1. The zero-order valence-corrected chi connectivity index (χ0v) is 12.0. The highest BCUT2D eigenvalue weighted by Gasteiger charge is 2.24. The molecule has 1 aliphatic carbocycles. The highest BCUT2D eigenvalue weighted by atomic mass is 14.9. The molecule has 1 heterocycles. The summed E-state index contributed by atoms with van der Waals surface area (Å²) in [6.07, 6.45) is 6.77. The van der Waals surface area contributed by atoms with Crippen molar-refractivity contribution in [2.75, 3.05) is 7.05 Å². The van der Waals surface area contributed by atoms with Crippen LogP contribution in [0.15, 0.2) is 48.7 Å². The number of fused-ring (bicyclic) bond motifs is 1. The lowest BCUT2D eigenvalue weighted by Crippen LogP contribution is -2.17. The molecule has 3 rings (SSSR count). The molecular formula is C18H22N2. The summed E-state index contributed by atoms with van der Waals surface area (Å²) in [4.78, 5) is 4.60. The Bertz CT molecular complexity index is 548. The fourth-order valence-electron chi connectivity index (χ4n) is 3.31. The van der Waals surface area contributed by atoms with Crippen LogP contribution in [0, 0.1) is 0 Å². The Morgan fingerprint density at radius 2 is 2.05 bits per heavy atom. The molecule has 2 atom stereocenters. The van der Waals surface area contributed by atoms with Crippen LogP contribution in [0.25, 0.3) is 0 Å². The minimum absolute atomic E-state index is 0.448. The molecular weight excluding hydrogens is 244 g/mol. The summed E-state index contributed by atoms with van der Waals surface area (Å²) in [5.41, 5.74) is 4.18. The van der Waals surface area contributed by atoms with Crippen LogP contribution in [0.3, 0.4) is 0 Å². The Labute approximate surface area is 121 Å². The van der Waals surface area contributed by atoms with Crippen molar-refractivity contribution in [3.8, 4) is 0 Å². The molecule has 2 aromatic rings. The van der Waals surface area contributed by atoms with E-state index in [0.717, 1.165) is 0 Å². The second kappa shape index (κ2) is 6.19.